The molecule has 0 N–H and O–H groups in total. The zero-order valence-electron chi connectivity index (χ0n) is 11.1. The average Bonchev–Trinajstić information content (AvgIpc) is 2.82. The highest BCUT2D eigenvalue weighted by Gasteiger charge is 2.21. The van der Waals surface area contributed by atoms with E-state index in [2.05, 4.69) is 37.9 Å². The lowest BCUT2D eigenvalue weighted by Gasteiger charge is -2.19. The summed E-state index contributed by atoms with van der Waals surface area (Å²) in [5.41, 5.74) is 3.71. The molecule has 1 aliphatic heterocycles. The average molecular weight is 234 g/mol. The lowest BCUT2D eigenvalue weighted by molar-refractivity contribution is 0.193. The summed E-state index contributed by atoms with van der Waals surface area (Å²) in [7, 11) is 2.14. The summed E-state index contributed by atoms with van der Waals surface area (Å²) in [6.45, 7) is 7.97. The Hall–Kier alpha value is -0.930. The molecule has 0 spiro atoms. The Bertz CT molecular complexity index is 372. The van der Waals surface area contributed by atoms with Crippen LogP contribution < -0.4 is 0 Å². The molecule has 0 bridgehead atoms. The second-order valence-corrected chi connectivity index (χ2v) is 4.88. The van der Waals surface area contributed by atoms with E-state index >= 15 is 0 Å². The number of nitrogens with zero attached hydrogens (tertiary/aromatic N) is 2. The first-order chi connectivity index (χ1) is 8.20. The van der Waals surface area contributed by atoms with E-state index in [4.69, 9.17) is 9.72 Å². The van der Waals surface area contributed by atoms with Gasteiger partial charge in [0.25, 0.3) is 0 Å². The molecule has 2 heterocycles. The fraction of sp³-hybridized carbons (Fsp3) is 0.643. The van der Waals surface area contributed by atoms with E-state index in [9.17, 15) is 0 Å². The first kappa shape index (κ1) is 12.5. The zero-order valence-corrected chi connectivity index (χ0v) is 11.1. The summed E-state index contributed by atoms with van der Waals surface area (Å²) in [5.74, 6) is 0.545. The lowest BCUT2D eigenvalue weighted by Crippen LogP contribution is -2.20. The van der Waals surface area contributed by atoms with Gasteiger partial charge in [0.2, 0.25) is 0 Å². The third-order valence-electron chi connectivity index (χ3n) is 3.48. The molecule has 0 radical (unpaired) electrons. The number of pyridine rings is 1. The molecule has 1 aliphatic rings. The van der Waals surface area contributed by atoms with E-state index in [0.717, 1.165) is 38.4 Å². The van der Waals surface area contributed by atoms with Crippen molar-refractivity contribution in [1.29, 1.82) is 0 Å². The van der Waals surface area contributed by atoms with Crippen LogP contribution in [-0.2, 0) is 11.3 Å². The summed E-state index contributed by atoms with van der Waals surface area (Å²) in [6, 6.07) is 4.35. The van der Waals surface area contributed by atoms with Crippen molar-refractivity contribution < 1.29 is 4.74 Å². The summed E-state index contributed by atoms with van der Waals surface area (Å²) in [4.78, 5) is 7.00. The smallest absolute Gasteiger partial charge is 0.0582 e. The van der Waals surface area contributed by atoms with Gasteiger partial charge in [-0.15, -0.1) is 0 Å². The fourth-order valence-electron chi connectivity index (χ4n) is 2.27. The third kappa shape index (κ3) is 3.05. The molecule has 17 heavy (non-hydrogen) atoms. The molecular formula is C14H22N2O. The van der Waals surface area contributed by atoms with Crippen LogP contribution in [-0.4, -0.2) is 36.7 Å². The summed E-state index contributed by atoms with van der Waals surface area (Å²) >= 11 is 0. The van der Waals surface area contributed by atoms with Gasteiger partial charge in [-0.2, -0.15) is 0 Å². The van der Waals surface area contributed by atoms with Crippen LogP contribution in [0, 0.1) is 6.92 Å². The van der Waals surface area contributed by atoms with Crippen molar-refractivity contribution in [3.63, 3.8) is 0 Å². The maximum absolute atomic E-state index is 5.49. The van der Waals surface area contributed by atoms with Gasteiger partial charge >= 0.3 is 0 Å². The number of rotatable bonds is 4. The quantitative estimate of drug-likeness (QED) is 0.799. The van der Waals surface area contributed by atoms with Crippen molar-refractivity contribution in [3.05, 3.63) is 29.1 Å². The monoisotopic (exact) mass is 234 g/mol. The minimum Gasteiger partial charge on any atom is -0.381 e. The molecule has 1 saturated heterocycles. The molecule has 1 fully saturated rings. The second-order valence-electron chi connectivity index (χ2n) is 4.88. The Morgan fingerprint density at radius 3 is 2.94 bits per heavy atom. The normalized spacial score (nSPS) is 20.1. The molecule has 3 heteroatoms. The third-order valence-corrected chi connectivity index (χ3v) is 3.48. The van der Waals surface area contributed by atoms with Crippen LogP contribution in [0.5, 0.6) is 0 Å². The van der Waals surface area contributed by atoms with Gasteiger partial charge in [0.15, 0.2) is 0 Å². The number of aryl methyl sites for hydroxylation is 1. The molecule has 94 valence electrons. The van der Waals surface area contributed by atoms with Crippen LogP contribution in [0.4, 0.5) is 0 Å². The summed E-state index contributed by atoms with van der Waals surface area (Å²) in [6.07, 6.45) is 1.13. The zero-order chi connectivity index (χ0) is 12.3. The van der Waals surface area contributed by atoms with Gasteiger partial charge in [0.05, 0.1) is 12.3 Å². The maximum atomic E-state index is 5.49. The fourth-order valence-corrected chi connectivity index (χ4v) is 2.27. The van der Waals surface area contributed by atoms with E-state index in [1.807, 2.05) is 0 Å². The van der Waals surface area contributed by atoms with Crippen molar-refractivity contribution in [1.82, 2.24) is 9.88 Å². The highest BCUT2D eigenvalue weighted by atomic mass is 16.5. The standard InChI is InChI=1S/C14H22N2O/c1-4-16(3)9-14-13(6-5-11(2)15-14)12-7-8-17-10-12/h5-6,12H,4,7-10H2,1-3H3/t12-/m0/s1. The van der Waals surface area contributed by atoms with Gasteiger partial charge in [-0.3, -0.25) is 4.98 Å². The molecule has 2 rings (SSSR count). The molecule has 1 aromatic heterocycles. The van der Waals surface area contributed by atoms with Crippen molar-refractivity contribution in [2.24, 2.45) is 0 Å². The van der Waals surface area contributed by atoms with Gasteiger partial charge in [0.1, 0.15) is 0 Å². The Kier molecular flexibility index (Phi) is 4.13. The first-order valence-corrected chi connectivity index (χ1v) is 6.43. The topological polar surface area (TPSA) is 25.4 Å². The molecule has 0 saturated carbocycles. The molecule has 0 aromatic carbocycles. The predicted octanol–water partition coefficient (Wildman–Crippen LogP) is 2.35. The molecule has 1 atom stereocenters. The summed E-state index contributed by atoms with van der Waals surface area (Å²) < 4.78 is 5.49. The van der Waals surface area contributed by atoms with Gasteiger partial charge < -0.3 is 9.64 Å². The Morgan fingerprint density at radius 2 is 2.29 bits per heavy atom. The molecular weight excluding hydrogens is 212 g/mol. The molecule has 0 amide bonds. The van der Waals surface area contributed by atoms with Crippen molar-refractivity contribution in [2.45, 2.75) is 32.7 Å². The van der Waals surface area contributed by atoms with Gasteiger partial charge in [0, 0.05) is 24.8 Å². The van der Waals surface area contributed by atoms with Crippen LogP contribution in [0.2, 0.25) is 0 Å². The molecule has 0 unspecified atom stereocenters. The van der Waals surface area contributed by atoms with Crippen molar-refractivity contribution in [2.75, 3.05) is 26.8 Å². The molecule has 0 aliphatic carbocycles. The highest BCUT2D eigenvalue weighted by Crippen LogP contribution is 2.27. The molecule has 3 nitrogen and oxygen atoms in total. The predicted molar refractivity (Wildman–Crippen MR) is 69.2 cm³/mol. The number of ether oxygens (including phenoxy) is 1. The van der Waals surface area contributed by atoms with Crippen LogP contribution in [0.3, 0.4) is 0 Å². The van der Waals surface area contributed by atoms with Crippen molar-refractivity contribution >= 4 is 0 Å². The maximum Gasteiger partial charge on any atom is 0.0582 e. The Balaban J connectivity index is 2.23. The summed E-state index contributed by atoms with van der Waals surface area (Å²) in [5, 5.41) is 0. The van der Waals surface area contributed by atoms with E-state index in [0.29, 0.717) is 5.92 Å². The van der Waals surface area contributed by atoms with E-state index < -0.39 is 0 Å². The van der Waals surface area contributed by atoms with Crippen LogP contribution in [0.15, 0.2) is 12.1 Å². The Labute approximate surface area is 104 Å². The molecule has 1 aromatic rings. The van der Waals surface area contributed by atoms with Crippen LogP contribution in [0.1, 0.15) is 36.2 Å². The van der Waals surface area contributed by atoms with Crippen LogP contribution in [0.25, 0.3) is 0 Å². The number of hydrogen-bond acceptors (Lipinski definition) is 3. The SMILES string of the molecule is CCN(C)Cc1nc(C)ccc1[C@H]1CCOC1. The number of hydrogen-bond donors (Lipinski definition) is 0. The van der Waals surface area contributed by atoms with Crippen LogP contribution >= 0.6 is 0 Å². The highest BCUT2D eigenvalue weighted by molar-refractivity contribution is 5.27. The van der Waals surface area contributed by atoms with Gasteiger partial charge in [-0.05, 0) is 38.6 Å². The van der Waals surface area contributed by atoms with E-state index in [-0.39, 0.29) is 0 Å². The Morgan fingerprint density at radius 1 is 1.47 bits per heavy atom. The van der Waals surface area contributed by atoms with E-state index in [1.54, 1.807) is 0 Å². The minimum atomic E-state index is 0.545. The van der Waals surface area contributed by atoms with Gasteiger partial charge in [-0.1, -0.05) is 13.0 Å². The lowest BCUT2D eigenvalue weighted by atomic mass is 9.96. The van der Waals surface area contributed by atoms with E-state index in [1.165, 1.54) is 11.3 Å². The van der Waals surface area contributed by atoms with Crippen molar-refractivity contribution in [3.8, 4) is 0 Å². The first-order valence-electron chi connectivity index (χ1n) is 6.43. The minimum absolute atomic E-state index is 0.545. The second kappa shape index (κ2) is 5.61. The largest absolute Gasteiger partial charge is 0.381 e. The van der Waals surface area contributed by atoms with Gasteiger partial charge in [-0.25, -0.2) is 0 Å². The number of aromatic nitrogens is 1.